The molecule has 100 valence electrons. The number of carbonyl (C=O) groups is 1. The molecule has 0 saturated carbocycles. The van der Waals surface area contributed by atoms with Gasteiger partial charge in [-0.25, -0.2) is 9.37 Å². The van der Waals surface area contributed by atoms with Crippen molar-refractivity contribution in [2.45, 2.75) is 13.3 Å². The van der Waals surface area contributed by atoms with Crippen LogP contribution in [0.1, 0.15) is 21.7 Å². The van der Waals surface area contributed by atoms with Crippen molar-refractivity contribution in [2.75, 3.05) is 6.54 Å². The van der Waals surface area contributed by atoms with Gasteiger partial charge in [0.05, 0.1) is 5.56 Å². The van der Waals surface area contributed by atoms with Crippen LogP contribution < -0.4 is 5.32 Å². The number of nitrogens with one attached hydrogen (secondary N) is 1. The largest absolute Gasteiger partial charge is 0.351 e. The van der Waals surface area contributed by atoms with Crippen LogP contribution in [0.2, 0.25) is 0 Å². The van der Waals surface area contributed by atoms with Gasteiger partial charge in [-0.05, 0) is 19.1 Å². The molecule has 5 heteroatoms. The fourth-order valence-corrected chi connectivity index (χ4v) is 1.83. The van der Waals surface area contributed by atoms with Crippen molar-refractivity contribution < 1.29 is 9.18 Å². The normalized spacial score (nSPS) is 10.5. The predicted molar refractivity (Wildman–Crippen MR) is 70.4 cm³/mol. The van der Waals surface area contributed by atoms with Crippen LogP contribution in [0.3, 0.4) is 0 Å². The van der Waals surface area contributed by atoms with Crippen molar-refractivity contribution >= 4 is 5.91 Å². The molecular weight excluding hydrogens is 245 g/mol. The van der Waals surface area contributed by atoms with Crippen molar-refractivity contribution in [2.24, 2.45) is 7.05 Å². The summed E-state index contributed by atoms with van der Waals surface area (Å²) in [7, 11) is 1.89. The first kappa shape index (κ1) is 13.3. The van der Waals surface area contributed by atoms with Gasteiger partial charge in [0.2, 0.25) is 0 Å². The maximum atomic E-state index is 13.5. The topological polar surface area (TPSA) is 46.9 Å². The fourth-order valence-electron chi connectivity index (χ4n) is 1.83. The number of imidazole rings is 1. The number of carbonyl (C=O) groups excluding carboxylic acids is 1. The molecule has 4 nitrogen and oxygen atoms in total. The van der Waals surface area contributed by atoms with E-state index in [0.29, 0.717) is 13.0 Å². The lowest BCUT2D eigenvalue weighted by Crippen LogP contribution is -2.27. The highest BCUT2D eigenvalue weighted by atomic mass is 19.1. The van der Waals surface area contributed by atoms with Gasteiger partial charge in [0.1, 0.15) is 11.6 Å². The molecule has 1 N–H and O–H groups in total. The van der Waals surface area contributed by atoms with E-state index < -0.39 is 11.7 Å². The Morgan fingerprint density at radius 1 is 1.47 bits per heavy atom. The van der Waals surface area contributed by atoms with Gasteiger partial charge in [-0.3, -0.25) is 4.79 Å². The molecule has 2 aromatic rings. The zero-order valence-electron chi connectivity index (χ0n) is 11.0. The van der Waals surface area contributed by atoms with Gasteiger partial charge in [0, 0.05) is 32.4 Å². The van der Waals surface area contributed by atoms with E-state index in [2.05, 4.69) is 10.3 Å². The maximum absolute atomic E-state index is 13.5. The van der Waals surface area contributed by atoms with E-state index in [9.17, 15) is 9.18 Å². The Bertz CT molecular complexity index is 592. The molecule has 0 aliphatic rings. The number of halogens is 1. The molecule has 1 heterocycles. The SMILES string of the molecule is Cc1ccc(F)c(C(=O)NCCc2nccn2C)c1. The lowest BCUT2D eigenvalue weighted by atomic mass is 10.1. The molecule has 0 aliphatic carbocycles. The van der Waals surface area contributed by atoms with E-state index in [0.717, 1.165) is 11.4 Å². The Labute approximate surface area is 111 Å². The van der Waals surface area contributed by atoms with Crippen molar-refractivity contribution in [3.05, 3.63) is 53.4 Å². The van der Waals surface area contributed by atoms with Crippen LogP contribution in [0.4, 0.5) is 4.39 Å². The summed E-state index contributed by atoms with van der Waals surface area (Å²) in [5.41, 5.74) is 0.940. The first-order valence-electron chi connectivity index (χ1n) is 6.08. The number of aryl methyl sites for hydroxylation is 2. The van der Waals surface area contributed by atoms with Crippen LogP contribution in [0.5, 0.6) is 0 Å². The Morgan fingerprint density at radius 3 is 2.95 bits per heavy atom. The summed E-state index contributed by atoms with van der Waals surface area (Å²) in [6.45, 7) is 2.25. The Hall–Kier alpha value is -2.17. The van der Waals surface area contributed by atoms with E-state index in [1.165, 1.54) is 6.07 Å². The standard InChI is InChI=1S/C14H16FN3O/c1-10-3-4-12(15)11(9-10)14(19)17-6-5-13-16-7-8-18(13)2/h3-4,7-9H,5-6H2,1-2H3,(H,17,19). The molecule has 0 aliphatic heterocycles. The van der Waals surface area contributed by atoms with Crippen molar-refractivity contribution in [3.63, 3.8) is 0 Å². The van der Waals surface area contributed by atoms with E-state index in [-0.39, 0.29) is 5.56 Å². The average Bonchev–Trinajstić information content (AvgIpc) is 2.78. The van der Waals surface area contributed by atoms with Crippen LogP contribution in [-0.4, -0.2) is 22.0 Å². The van der Waals surface area contributed by atoms with Crippen molar-refractivity contribution in [1.29, 1.82) is 0 Å². The number of benzene rings is 1. The molecule has 0 saturated heterocycles. The highest BCUT2D eigenvalue weighted by Gasteiger charge is 2.11. The van der Waals surface area contributed by atoms with E-state index in [1.807, 2.05) is 24.7 Å². The molecule has 1 aromatic carbocycles. The van der Waals surface area contributed by atoms with Crippen LogP contribution in [0.15, 0.2) is 30.6 Å². The summed E-state index contributed by atoms with van der Waals surface area (Å²) in [6.07, 6.45) is 4.16. The molecule has 0 bridgehead atoms. The van der Waals surface area contributed by atoms with Crippen molar-refractivity contribution in [3.8, 4) is 0 Å². The third-order valence-electron chi connectivity index (χ3n) is 2.92. The molecule has 19 heavy (non-hydrogen) atoms. The van der Waals surface area contributed by atoms with Gasteiger partial charge in [0.25, 0.3) is 5.91 Å². The highest BCUT2D eigenvalue weighted by Crippen LogP contribution is 2.09. The summed E-state index contributed by atoms with van der Waals surface area (Å²) in [5.74, 6) is -0.0134. The lowest BCUT2D eigenvalue weighted by molar-refractivity contribution is 0.0950. The minimum absolute atomic E-state index is 0.0832. The van der Waals surface area contributed by atoms with E-state index in [1.54, 1.807) is 18.3 Å². The number of rotatable bonds is 4. The third-order valence-corrected chi connectivity index (χ3v) is 2.92. The van der Waals surface area contributed by atoms with Gasteiger partial charge in [-0.2, -0.15) is 0 Å². The van der Waals surface area contributed by atoms with Crippen LogP contribution in [-0.2, 0) is 13.5 Å². The number of aromatic nitrogens is 2. The Kier molecular flexibility index (Phi) is 3.94. The minimum atomic E-state index is -0.500. The average molecular weight is 261 g/mol. The first-order valence-corrected chi connectivity index (χ1v) is 6.08. The maximum Gasteiger partial charge on any atom is 0.254 e. The van der Waals surface area contributed by atoms with Gasteiger partial charge < -0.3 is 9.88 Å². The monoisotopic (exact) mass is 261 g/mol. The summed E-state index contributed by atoms with van der Waals surface area (Å²) < 4.78 is 15.4. The summed E-state index contributed by atoms with van der Waals surface area (Å²) in [5, 5.41) is 2.70. The highest BCUT2D eigenvalue weighted by molar-refractivity contribution is 5.94. The molecule has 1 amide bonds. The van der Waals surface area contributed by atoms with Crippen LogP contribution in [0.25, 0.3) is 0 Å². The minimum Gasteiger partial charge on any atom is -0.351 e. The predicted octanol–water partition coefficient (Wildman–Crippen LogP) is 1.84. The summed E-state index contributed by atoms with van der Waals surface area (Å²) in [6, 6.07) is 4.49. The quantitative estimate of drug-likeness (QED) is 0.913. The molecule has 0 fully saturated rings. The number of nitrogens with zero attached hydrogens (tertiary/aromatic N) is 2. The van der Waals surface area contributed by atoms with Gasteiger partial charge >= 0.3 is 0 Å². The molecular formula is C14H16FN3O. The Morgan fingerprint density at radius 2 is 2.26 bits per heavy atom. The van der Waals surface area contributed by atoms with Gasteiger partial charge in [0.15, 0.2) is 0 Å². The number of amides is 1. The van der Waals surface area contributed by atoms with Gasteiger partial charge in [-0.1, -0.05) is 11.6 Å². The second-order valence-corrected chi connectivity index (χ2v) is 4.44. The second-order valence-electron chi connectivity index (χ2n) is 4.44. The number of hydrogen-bond acceptors (Lipinski definition) is 2. The Balaban J connectivity index is 1.94. The van der Waals surface area contributed by atoms with Crippen LogP contribution >= 0.6 is 0 Å². The van der Waals surface area contributed by atoms with Crippen molar-refractivity contribution in [1.82, 2.24) is 14.9 Å². The molecule has 0 unspecified atom stereocenters. The first-order chi connectivity index (χ1) is 9.08. The van der Waals surface area contributed by atoms with E-state index in [4.69, 9.17) is 0 Å². The molecule has 0 radical (unpaired) electrons. The molecule has 0 spiro atoms. The summed E-state index contributed by atoms with van der Waals surface area (Å²) in [4.78, 5) is 16.0. The lowest BCUT2D eigenvalue weighted by Gasteiger charge is -2.07. The smallest absolute Gasteiger partial charge is 0.254 e. The van der Waals surface area contributed by atoms with Crippen LogP contribution in [0, 0.1) is 12.7 Å². The zero-order chi connectivity index (χ0) is 13.8. The molecule has 1 aromatic heterocycles. The fraction of sp³-hybridized carbons (Fsp3) is 0.286. The van der Waals surface area contributed by atoms with E-state index >= 15 is 0 Å². The third kappa shape index (κ3) is 3.19. The summed E-state index contributed by atoms with van der Waals surface area (Å²) >= 11 is 0. The molecule has 2 rings (SSSR count). The zero-order valence-corrected chi connectivity index (χ0v) is 11.0. The number of hydrogen-bond donors (Lipinski definition) is 1. The molecule has 0 atom stereocenters. The van der Waals surface area contributed by atoms with Gasteiger partial charge in [-0.15, -0.1) is 0 Å². The second kappa shape index (κ2) is 5.65.